The Morgan fingerprint density at radius 1 is 1.17 bits per heavy atom. The predicted octanol–water partition coefficient (Wildman–Crippen LogP) is 3.65. The average molecular weight is 391 g/mol. The van der Waals surface area contributed by atoms with Gasteiger partial charge < -0.3 is 14.8 Å². The van der Waals surface area contributed by atoms with Gasteiger partial charge in [-0.25, -0.2) is 0 Å². The Balaban J connectivity index is 1.63. The Kier molecular flexibility index (Phi) is 6.68. The molecule has 0 radical (unpaired) electrons. The average Bonchev–Trinajstić information content (AvgIpc) is 3.15. The molecule has 0 bridgehead atoms. The number of para-hydroxylation sites is 1. The van der Waals surface area contributed by atoms with Gasteiger partial charge in [0.05, 0.1) is 19.3 Å². The van der Waals surface area contributed by atoms with Crippen LogP contribution < -0.4 is 14.8 Å². The molecule has 2 aromatic carbocycles. The normalized spacial score (nSPS) is 10.9. The minimum atomic E-state index is -0.177. The molecule has 150 valence electrons. The van der Waals surface area contributed by atoms with Crippen molar-refractivity contribution in [3.05, 3.63) is 83.2 Å². The molecule has 0 aliphatic rings. The molecule has 1 amide bonds. The molecular weight excluding hydrogens is 366 g/mol. The fourth-order valence-corrected chi connectivity index (χ4v) is 2.85. The summed E-state index contributed by atoms with van der Waals surface area (Å²) in [7, 11) is 3.47. The molecule has 6 nitrogen and oxygen atoms in total. The molecule has 0 saturated heterocycles. The Labute approximate surface area is 170 Å². The molecule has 3 rings (SSSR count). The second kappa shape index (κ2) is 9.59. The fourth-order valence-electron chi connectivity index (χ4n) is 2.85. The Hall–Kier alpha value is -3.54. The van der Waals surface area contributed by atoms with Gasteiger partial charge in [0, 0.05) is 24.9 Å². The summed E-state index contributed by atoms with van der Waals surface area (Å²) in [6.45, 7) is 2.78. The molecule has 0 atom stereocenters. The van der Waals surface area contributed by atoms with Crippen LogP contribution in [-0.2, 0) is 25.0 Å². The van der Waals surface area contributed by atoms with Crippen LogP contribution >= 0.6 is 0 Å². The summed E-state index contributed by atoms with van der Waals surface area (Å²) in [5.74, 6) is 1.41. The topological polar surface area (TPSA) is 65.4 Å². The predicted molar refractivity (Wildman–Crippen MR) is 113 cm³/mol. The minimum Gasteiger partial charge on any atom is -0.496 e. The van der Waals surface area contributed by atoms with Crippen molar-refractivity contribution in [2.24, 2.45) is 7.05 Å². The van der Waals surface area contributed by atoms with Crippen LogP contribution in [0.3, 0.4) is 0 Å². The van der Waals surface area contributed by atoms with Gasteiger partial charge in [-0.15, -0.1) is 0 Å². The molecule has 0 spiro atoms. The Morgan fingerprint density at radius 3 is 2.72 bits per heavy atom. The van der Waals surface area contributed by atoms with E-state index in [0.717, 1.165) is 33.9 Å². The number of nitrogens with one attached hydrogen (secondary N) is 1. The van der Waals surface area contributed by atoms with Crippen molar-refractivity contribution in [1.82, 2.24) is 15.1 Å². The van der Waals surface area contributed by atoms with Crippen LogP contribution in [-0.4, -0.2) is 22.8 Å². The molecule has 1 aromatic heterocycles. The summed E-state index contributed by atoms with van der Waals surface area (Å²) >= 11 is 0. The summed E-state index contributed by atoms with van der Waals surface area (Å²) in [4.78, 5) is 12.1. The monoisotopic (exact) mass is 391 g/mol. The van der Waals surface area contributed by atoms with E-state index < -0.39 is 0 Å². The van der Waals surface area contributed by atoms with Crippen molar-refractivity contribution in [3.8, 4) is 11.5 Å². The molecule has 0 aliphatic heterocycles. The number of hydrogen-bond acceptors (Lipinski definition) is 4. The van der Waals surface area contributed by atoms with E-state index in [-0.39, 0.29) is 5.91 Å². The number of nitrogens with zero attached hydrogens (tertiary/aromatic N) is 2. The van der Waals surface area contributed by atoms with Gasteiger partial charge in [-0.3, -0.25) is 9.48 Å². The highest BCUT2D eigenvalue weighted by Crippen LogP contribution is 2.24. The minimum absolute atomic E-state index is 0.177. The zero-order chi connectivity index (χ0) is 20.6. The van der Waals surface area contributed by atoms with Gasteiger partial charge in [0.15, 0.2) is 0 Å². The number of methoxy groups -OCH3 is 1. The zero-order valence-electron chi connectivity index (χ0n) is 16.9. The van der Waals surface area contributed by atoms with Gasteiger partial charge >= 0.3 is 0 Å². The SMILES string of the molecule is COc1ccc(/C=C/C(=O)NCc2ccn(C)n2)cc1COc1ccccc1C. The number of benzene rings is 2. The van der Waals surface area contributed by atoms with Crippen LogP contribution in [0.4, 0.5) is 0 Å². The fraction of sp³-hybridized carbons (Fsp3) is 0.217. The lowest BCUT2D eigenvalue weighted by Gasteiger charge is -2.12. The van der Waals surface area contributed by atoms with E-state index in [0.29, 0.717) is 13.2 Å². The van der Waals surface area contributed by atoms with Crippen molar-refractivity contribution >= 4 is 12.0 Å². The summed E-state index contributed by atoms with van der Waals surface area (Å²) < 4.78 is 13.1. The lowest BCUT2D eigenvalue weighted by atomic mass is 10.1. The quantitative estimate of drug-likeness (QED) is 0.596. The van der Waals surface area contributed by atoms with Gasteiger partial charge in [-0.05, 0) is 48.4 Å². The number of rotatable bonds is 8. The van der Waals surface area contributed by atoms with Gasteiger partial charge in [-0.1, -0.05) is 24.3 Å². The molecule has 0 aliphatic carbocycles. The maximum atomic E-state index is 12.1. The number of carbonyl (C=O) groups is 1. The molecule has 0 fully saturated rings. The molecule has 0 unspecified atom stereocenters. The van der Waals surface area contributed by atoms with E-state index in [1.54, 1.807) is 17.9 Å². The third-order valence-corrected chi connectivity index (χ3v) is 4.42. The molecule has 0 saturated carbocycles. The van der Waals surface area contributed by atoms with Crippen LogP contribution in [0.5, 0.6) is 11.5 Å². The molecular formula is C23H25N3O3. The smallest absolute Gasteiger partial charge is 0.244 e. The van der Waals surface area contributed by atoms with Gasteiger partial charge in [0.2, 0.25) is 5.91 Å². The van der Waals surface area contributed by atoms with Crippen LogP contribution in [0.1, 0.15) is 22.4 Å². The highest BCUT2D eigenvalue weighted by Gasteiger charge is 2.07. The first-order chi connectivity index (χ1) is 14.0. The number of hydrogen-bond donors (Lipinski definition) is 1. The molecule has 3 aromatic rings. The largest absolute Gasteiger partial charge is 0.496 e. The first-order valence-corrected chi connectivity index (χ1v) is 9.35. The standard InChI is InChI=1S/C23H25N3O3/c1-17-6-4-5-7-21(17)29-16-19-14-18(8-10-22(19)28-3)9-11-23(27)24-15-20-12-13-26(2)25-20/h4-14H,15-16H2,1-3H3,(H,24,27)/b11-9+. The highest BCUT2D eigenvalue weighted by molar-refractivity contribution is 5.91. The van der Waals surface area contributed by atoms with E-state index in [2.05, 4.69) is 10.4 Å². The van der Waals surface area contributed by atoms with Gasteiger partial charge in [0.1, 0.15) is 18.1 Å². The highest BCUT2D eigenvalue weighted by atomic mass is 16.5. The zero-order valence-corrected chi connectivity index (χ0v) is 16.9. The van der Waals surface area contributed by atoms with Gasteiger partial charge in [0.25, 0.3) is 0 Å². The molecule has 29 heavy (non-hydrogen) atoms. The third-order valence-electron chi connectivity index (χ3n) is 4.42. The molecule has 1 heterocycles. The first-order valence-electron chi connectivity index (χ1n) is 9.35. The van der Waals surface area contributed by atoms with E-state index in [9.17, 15) is 4.79 Å². The van der Waals surface area contributed by atoms with Crippen LogP contribution in [0.2, 0.25) is 0 Å². The van der Waals surface area contributed by atoms with E-state index >= 15 is 0 Å². The number of amides is 1. The summed E-state index contributed by atoms with van der Waals surface area (Å²) in [5, 5.41) is 7.05. The number of ether oxygens (including phenoxy) is 2. The lowest BCUT2D eigenvalue weighted by molar-refractivity contribution is -0.116. The lowest BCUT2D eigenvalue weighted by Crippen LogP contribution is -2.20. The molecule has 1 N–H and O–H groups in total. The molecule has 6 heteroatoms. The second-order valence-electron chi connectivity index (χ2n) is 6.66. The maximum Gasteiger partial charge on any atom is 0.244 e. The van der Waals surface area contributed by atoms with Crippen molar-refractivity contribution in [3.63, 3.8) is 0 Å². The van der Waals surface area contributed by atoms with E-state index in [1.165, 1.54) is 6.08 Å². The number of aromatic nitrogens is 2. The van der Waals surface area contributed by atoms with Crippen molar-refractivity contribution < 1.29 is 14.3 Å². The van der Waals surface area contributed by atoms with E-state index in [1.807, 2.05) is 68.7 Å². The number of carbonyl (C=O) groups excluding carboxylic acids is 1. The van der Waals surface area contributed by atoms with Crippen LogP contribution in [0, 0.1) is 6.92 Å². The Bertz CT molecular complexity index is 1010. The van der Waals surface area contributed by atoms with Gasteiger partial charge in [-0.2, -0.15) is 5.10 Å². The maximum absolute atomic E-state index is 12.1. The first kappa shape index (κ1) is 20.2. The van der Waals surface area contributed by atoms with Crippen molar-refractivity contribution in [2.75, 3.05) is 7.11 Å². The third kappa shape index (κ3) is 5.72. The van der Waals surface area contributed by atoms with Crippen LogP contribution in [0.25, 0.3) is 6.08 Å². The number of aryl methyl sites for hydroxylation is 2. The van der Waals surface area contributed by atoms with Crippen molar-refractivity contribution in [2.45, 2.75) is 20.1 Å². The summed E-state index contributed by atoms with van der Waals surface area (Å²) in [6.07, 6.45) is 5.12. The van der Waals surface area contributed by atoms with Crippen LogP contribution in [0.15, 0.2) is 60.8 Å². The van der Waals surface area contributed by atoms with Crippen molar-refractivity contribution in [1.29, 1.82) is 0 Å². The summed E-state index contributed by atoms with van der Waals surface area (Å²) in [6, 6.07) is 15.5. The van der Waals surface area contributed by atoms with E-state index in [4.69, 9.17) is 9.47 Å². The summed E-state index contributed by atoms with van der Waals surface area (Å²) in [5.41, 5.74) is 3.69. The second-order valence-corrected chi connectivity index (χ2v) is 6.66. The Morgan fingerprint density at radius 2 is 2.00 bits per heavy atom.